The van der Waals surface area contributed by atoms with Crippen LogP contribution in [0, 0.1) is 0 Å². The van der Waals surface area contributed by atoms with Gasteiger partial charge < -0.3 is 14.2 Å². The van der Waals surface area contributed by atoms with E-state index in [0.717, 1.165) is 22.2 Å². The van der Waals surface area contributed by atoms with Gasteiger partial charge in [0.1, 0.15) is 5.75 Å². The minimum atomic E-state index is -0.156. The molecular formula is C20H21BrN2O4. The van der Waals surface area contributed by atoms with Crippen molar-refractivity contribution in [3.63, 3.8) is 0 Å². The number of carbonyl (C=O) groups is 1. The lowest BCUT2D eigenvalue weighted by molar-refractivity contribution is -0.121. The number of hydrogen-bond acceptors (Lipinski definition) is 5. The summed E-state index contributed by atoms with van der Waals surface area (Å²) in [6.07, 6.45) is 3.49. The molecular weight excluding hydrogens is 412 g/mol. The Kier molecular flexibility index (Phi) is 6.70. The van der Waals surface area contributed by atoms with Crippen molar-refractivity contribution < 1.29 is 19.0 Å². The molecule has 0 aliphatic carbocycles. The first-order chi connectivity index (χ1) is 13.2. The van der Waals surface area contributed by atoms with Crippen LogP contribution in [0.5, 0.6) is 17.2 Å². The first kappa shape index (κ1) is 19.2. The van der Waals surface area contributed by atoms with Crippen molar-refractivity contribution in [1.29, 1.82) is 0 Å². The molecule has 0 spiro atoms. The third-order valence-electron chi connectivity index (χ3n) is 4.01. The van der Waals surface area contributed by atoms with E-state index in [2.05, 4.69) is 33.4 Å². The van der Waals surface area contributed by atoms with E-state index in [0.29, 0.717) is 30.9 Å². The Morgan fingerprint density at radius 2 is 2.11 bits per heavy atom. The van der Waals surface area contributed by atoms with Gasteiger partial charge in [0.15, 0.2) is 11.5 Å². The van der Waals surface area contributed by atoms with Crippen molar-refractivity contribution in [2.45, 2.75) is 26.2 Å². The lowest BCUT2D eigenvalue weighted by Crippen LogP contribution is -2.18. The number of fused-ring (bicyclic) bond motifs is 1. The van der Waals surface area contributed by atoms with Gasteiger partial charge in [0, 0.05) is 6.42 Å². The minimum Gasteiger partial charge on any atom is -0.492 e. The molecule has 0 unspecified atom stereocenters. The SMILES string of the molecule is CCc1ccc(OCCCC(=O)N/N=C/c2ccc3c(c2)OCO3)c(Br)c1. The maximum absolute atomic E-state index is 11.8. The number of halogens is 1. The largest absolute Gasteiger partial charge is 0.492 e. The lowest BCUT2D eigenvalue weighted by Gasteiger charge is -2.09. The van der Waals surface area contributed by atoms with E-state index >= 15 is 0 Å². The molecule has 142 valence electrons. The van der Waals surface area contributed by atoms with E-state index in [9.17, 15) is 4.79 Å². The normalized spacial score (nSPS) is 12.4. The number of aryl methyl sites for hydroxylation is 1. The zero-order chi connectivity index (χ0) is 19.1. The number of amides is 1. The van der Waals surface area contributed by atoms with Gasteiger partial charge in [-0.25, -0.2) is 5.43 Å². The Labute approximate surface area is 166 Å². The molecule has 1 aliphatic rings. The monoisotopic (exact) mass is 432 g/mol. The molecule has 0 fully saturated rings. The molecule has 0 aromatic heterocycles. The van der Waals surface area contributed by atoms with Crippen molar-refractivity contribution in [2.24, 2.45) is 5.10 Å². The van der Waals surface area contributed by atoms with Crippen LogP contribution in [-0.4, -0.2) is 25.5 Å². The van der Waals surface area contributed by atoms with Crippen molar-refractivity contribution in [2.75, 3.05) is 13.4 Å². The van der Waals surface area contributed by atoms with E-state index in [1.807, 2.05) is 36.4 Å². The molecule has 2 aromatic carbocycles. The zero-order valence-corrected chi connectivity index (χ0v) is 16.6. The number of nitrogens with zero attached hydrogens (tertiary/aromatic N) is 1. The molecule has 0 saturated carbocycles. The van der Waals surface area contributed by atoms with E-state index in [-0.39, 0.29) is 12.7 Å². The maximum atomic E-state index is 11.8. The van der Waals surface area contributed by atoms with E-state index in [4.69, 9.17) is 14.2 Å². The highest BCUT2D eigenvalue weighted by molar-refractivity contribution is 9.10. The van der Waals surface area contributed by atoms with Crippen LogP contribution < -0.4 is 19.6 Å². The Morgan fingerprint density at radius 1 is 1.26 bits per heavy atom. The van der Waals surface area contributed by atoms with Crippen molar-refractivity contribution in [3.05, 3.63) is 52.0 Å². The van der Waals surface area contributed by atoms with Gasteiger partial charge in [-0.2, -0.15) is 5.10 Å². The highest BCUT2D eigenvalue weighted by Gasteiger charge is 2.12. The van der Waals surface area contributed by atoms with Crippen molar-refractivity contribution >= 4 is 28.1 Å². The van der Waals surface area contributed by atoms with Gasteiger partial charge in [-0.05, 0) is 70.2 Å². The number of carbonyl (C=O) groups excluding carboxylic acids is 1. The summed E-state index contributed by atoms with van der Waals surface area (Å²) in [5.74, 6) is 2.03. The summed E-state index contributed by atoms with van der Waals surface area (Å²) in [5, 5.41) is 3.97. The fraction of sp³-hybridized carbons (Fsp3) is 0.300. The maximum Gasteiger partial charge on any atom is 0.240 e. The fourth-order valence-corrected chi connectivity index (χ4v) is 3.06. The molecule has 2 aromatic rings. The predicted molar refractivity (Wildman–Crippen MR) is 107 cm³/mol. The molecule has 0 bridgehead atoms. The first-order valence-electron chi connectivity index (χ1n) is 8.78. The number of ether oxygens (including phenoxy) is 3. The molecule has 0 saturated heterocycles. The van der Waals surface area contributed by atoms with Crippen LogP contribution >= 0.6 is 15.9 Å². The van der Waals surface area contributed by atoms with Crippen LogP contribution in [-0.2, 0) is 11.2 Å². The summed E-state index contributed by atoms with van der Waals surface area (Å²) >= 11 is 3.50. The van der Waals surface area contributed by atoms with Crippen LogP contribution in [0.3, 0.4) is 0 Å². The second kappa shape index (κ2) is 9.41. The number of rotatable bonds is 8. The van der Waals surface area contributed by atoms with Crippen LogP contribution in [0.2, 0.25) is 0 Å². The number of benzene rings is 2. The van der Waals surface area contributed by atoms with Crippen molar-refractivity contribution in [3.8, 4) is 17.2 Å². The standard InChI is InChI=1S/C20H21BrN2O4/c1-2-14-5-7-17(16(21)10-14)25-9-3-4-20(24)23-22-12-15-6-8-18-19(11-15)27-13-26-18/h5-8,10-12H,2-4,9,13H2,1H3,(H,23,24)/b22-12+. The molecule has 1 amide bonds. The van der Waals surface area contributed by atoms with Crippen LogP contribution in [0.4, 0.5) is 0 Å². The molecule has 6 nitrogen and oxygen atoms in total. The molecule has 7 heteroatoms. The molecule has 3 rings (SSSR count). The minimum absolute atomic E-state index is 0.156. The Morgan fingerprint density at radius 3 is 2.93 bits per heavy atom. The molecule has 1 N–H and O–H groups in total. The van der Waals surface area contributed by atoms with Crippen molar-refractivity contribution in [1.82, 2.24) is 5.43 Å². The second-order valence-electron chi connectivity index (χ2n) is 5.98. The quantitative estimate of drug-likeness (QED) is 0.388. The summed E-state index contributed by atoms with van der Waals surface area (Å²) in [4.78, 5) is 11.8. The third kappa shape index (κ3) is 5.47. The van der Waals surface area contributed by atoms with Gasteiger partial charge in [0.05, 0.1) is 17.3 Å². The average Bonchev–Trinajstić information content (AvgIpc) is 3.14. The van der Waals surface area contributed by atoms with Gasteiger partial charge in [-0.1, -0.05) is 13.0 Å². The smallest absolute Gasteiger partial charge is 0.240 e. The van der Waals surface area contributed by atoms with Gasteiger partial charge >= 0.3 is 0 Å². The summed E-state index contributed by atoms with van der Waals surface area (Å²) in [5.41, 5.74) is 4.58. The van der Waals surface area contributed by atoms with Gasteiger partial charge in [0.2, 0.25) is 12.7 Å². The van der Waals surface area contributed by atoms with Gasteiger partial charge in [-0.15, -0.1) is 0 Å². The predicted octanol–water partition coefficient (Wildman–Crippen LogP) is 4.05. The second-order valence-corrected chi connectivity index (χ2v) is 6.83. The first-order valence-corrected chi connectivity index (χ1v) is 9.58. The summed E-state index contributed by atoms with van der Waals surface area (Å²) < 4.78 is 17.2. The number of hydrogen-bond donors (Lipinski definition) is 1. The number of hydrazone groups is 1. The van der Waals surface area contributed by atoms with E-state index < -0.39 is 0 Å². The van der Waals surface area contributed by atoms with E-state index in [1.165, 1.54) is 5.56 Å². The molecule has 27 heavy (non-hydrogen) atoms. The highest BCUT2D eigenvalue weighted by atomic mass is 79.9. The van der Waals surface area contributed by atoms with Gasteiger partial charge in [-0.3, -0.25) is 4.79 Å². The molecule has 1 aliphatic heterocycles. The Bertz CT molecular complexity index is 839. The average molecular weight is 433 g/mol. The molecule has 0 atom stereocenters. The number of nitrogens with one attached hydrogen (secondary N) is 1. The summed E-state index contributed by atoms with van der Waals surface area (Å²) in [6.45, 7) is 2.80. The molecule has 1 heterocycles. The Balaban J connectivity index is 1.37. The third-order valence-corrected chi connectivity index (χ3v) is 4.63. The summed E-state index contributed by atoms with van der Waals surface area (Å²) in [6, 6.07) is 11.5. The zero-order valence-electron chi connectivity index (χ0n) is 15.0. The van der Waals surface area contributed by atoms with Gasteiger partial charge in [0.25, 0.3) is 0 Å². The van der Waals surface area contributed by atoms with E-state index in [1.54, 1.807) is 6.21 Å². The van der Waals surface area contributed by atoms with Crippen LogP contribution in [0.15, 0.2) is 46.0 Å². The Hall–Kier alpha value is -2.54. The van der Waals surface area contributed by atoms with Crippen LogP contribution in [0.25, 0.3) is 0 Å². The molecule has 0 radical (unpaired) electrons. The highest BCUT2D eigenvalue weighted by Crippen LogP contribution is 2.32. The summed E-state index contributed by atoms with van der Waals surface area (Å²) in [7, 11) is 0. The lowest BCUT2D eigenvalue weighted by atomic mass is 10.2. The topological polar surface area (TPSA) is 69.2 Å². The fourth-order valence-electron chi connectivity index (χ4n) is 2.52. The van der Waals surface area contributed by atoms with Crippen LogP contribution in [0.1, 0.15) is 30.9 Å².